The van der Waals surface area contributed by atoms with Crippen LogP contribution in [-0.4, -0.2) is 87.0 Å². The maximum absolute atomic E-state index is 13.3. The highest BCUT2D eigenvalue weighted by molar-refractivity contribution is 7.88. The first-order chi connectivity index (χ1) is 17.8. The van der Waals surface area contributed by atoms with Crippen molar-refractivity contribution in [1.82, 2.24) is 14.1 Å². The molecule has 0 aliphatic carbocycles. The van der Waals surface area contributed by atoms with Crippen LogP contribution in [0.2, 0.25) is 10.0 Å². The first-order valence-corrected chi connectivity index (χ1v) is 14.3. The number of hydrogen-bond donors (Lipinski definition) is 0. The third-order valence-corrected chi connectivity index (χ3v) is 8.63. The maximum atomic E-state index is 13.3. The third kappa shape index (κ3) is 7.16. The largest absolute Gasteiger partial charge is 0.573 e. The quantitative estimate of drug-likeness (QED) is 0.484. The van der Waals surface area contributed by atoms with Crippen LogP contribution in [-0.2, 0) is 10.0 Å². The number of urea groups is 1. The van der Waals surface area contributed by atoms with E-state index in [1.807, 2.05) is 6.07 Å². The molecule has 2 aromatic carbocycles. The molecule has 2 aliphatic rings. The van der Waals surface area contributed by atoms with Gasteiger partial charge in [-0.25, -0.2) is 13.2 Å². The zero-order valence-corrected chi connectivity index (χ0v) is 22.7. The molecule has 0 radical (unpaired) electrons. The van der Waals surface area contributed by atoms with Crippen molar-refractivity contribution >= 4 is 39.3 Å². The number of hydrogen-bond acceptors (Lipinski definition) is 5. The Hall–Kier alpha value is -2.41. The molecule has 0 unspecified atom stereocenters. The van der Waals surface area contributed by atoms with Gasteiger partial charge in [0.05, 0.1) is 22.9 Å². The second-order valence-corrected chi connectivity index (χ2v) is 12.0. The summed E-state index contributed by atoms with van der Waals surface area (Å²) in [5.74, 6) is -0.292. The van der Waals surface area contributed by atoms with Gasteiger partial charge in [-0.2, -0.15) is 4.31 Å². The molecule has 0 saturated carbocycles. The fraction of sp³-hybridized carbons (Fsp3) is 0.458. The first-order valence-electron chi connectivity index (χ1n) is 11.7. The van der Waals surface area contributed by atoms with Crippen LogP contribution in [0.4, 0.5) is 18.0 Å². The van der Waals surface area contributed by atoms with Gasteiger partial charge in [-0.15, -0.1) is 13.2 Å². The minimum atomic E-state index is -4.78. The molecule has 2 heterocycles. The molecular formula is C24H26Cl2F3N3O5S. The number of carbonyl (C=O) groups is 1. The lowest BCUT2D eigenvalue weighted by Crippen LogP contribution is -2.53. The molecule has 0 bridgehead atoms. The highest BCUT2D eigenvalue weighted by atomic mass is 35.5. The van der Waals surface area contributed by atoms with Crippen molar-refractivity contribution in [3.63, 3.8) is 0 Å². The number of ether oxygens (including phenoxy) is 2. The van der Waals surface area contributed by atoms with E-state index in [1.165, 1.54) is 28.6 Å². The van der Waals surface area contributed by atoms with Gasteiger partial charge in [0.2, 0.25) is 10.0 Å². The van der Waals surface area contributed by atoms with Gasteiger partial charge >= 0.3 is 12.4 Å². The Bertz CT molecular complexity index is 1260. The molecule has 2 amide bonds. The molecule has 208 valence electrons. The Balaban J connectivity index is 1.45. The van der Waals surface area contributed by atoms with E-state index in [1.54, 1.807) is 21.9 Å². The van der Waals surface area contributed by atoms with Crippen molar-refractivity contribution in [2.24, 2.45) is 5.92 Å². The molecule has 38 heavy (non-hydrogen) atoms. The lowest BCUT2D eigenvalue weighted by atomic mass is 9.89. The lowest BCUT2D eigenvalue weighted by Gasteiger charge is -2.35. The fourth-order valence-corrected chi connectivity index (χ4v) is 5.80. The Morgan fingerprint density at radius 3 is 2.16 bits per heavy atom. The van der Waals surface area contributed by atoms with Crippen LogP contribution in [0, 0.1) is 5.92 Å². The molecule has 2 aromatic rings. The molecule has 2 atom stereocenters. The molecule has 0 spiro atoms. The van der Waals surface area contributed by atoms with E-state index >= 15 is 0 Å². The van der Waals surface area contributed by atoms with E-state index in [9.17, 15) is 26.4 Å². The van der Waals surface area contributed by atoms with Gasteiger partial charge < -0.3 is 19.3 Å². The van der Waals surface area contributed by atoms with Crippen LogP contribution in [0.3, 0.4) is 0 Å². The SMILES string of the molecule is CS(=O)(=O)N1CCN(C(=O)N2C[C@@H](COc3ccc(OC(F)(F)F)cc3)[C@H](c3ccc(Cl)c(Cl)c3)C2)CC1. The Morgan fingerprint density at radius 2 is 1.58 bits per heavy atom. The summed E-state index contributed by atoms with van der Waals surface area (Å²) in [6.07, 6.45) is -3.64. The first kappa shape index (κ1) is 28.6. The van der Waals surface area contributed by atoms with Gasteiger partial charge in [0, 0.05) is 51.1 Å². The van der Waals surface area contributed by atoms with Crippen LogP contribution < -0.4 is 9.47 Å². The number of carbonyl (C=O) groups excluding carboxylic acids is 1. The van der Waals surface area contributed by atoms with E-state index in [4.69, 9.17) is 27.9 Å². The van der Waals surface area contributed by atoms with Crippen LogP contribution in [0.5, 0.6) is 11.5 Å². The second kappa shape index (κ2) is 11.4. The summed E-state index contributed by atoms with van der Waals surface area (Å²) in [4.78, 5) is 16.7. The van der Waals surface area contributed by atoms with Crippen LogP contribution >= 0.6 is 23.2 Å². The van der Waals surface area contributed by atoms with E-state index in [2.05, 4.69) is 4.74 Å². The summed E-state index contributed by atoms with van der Waals surface area (Å²) >= 11 is 12.3. The number of halogens is 5. The summed E-state index contributed by atoms with van der Waals surface area (Å²) in [6.45, 7) is 1.97. The zero-order valence-electron chi connectivity index (χ0n) is 20.3. The topological polar surface area (TPSA) is 79.4 Å². The number of alkyl halides is 3. The second-order valence-electron chi connectivity index (χ2n) is 9.21. The summed E-state index contributed by atoms with van der Waals surface area (Å²) in [5.41, 5.74) is 0.874. The molecule has 2 aliphatic heterocycles. The zero-order chi connectivity index (χ0) is 27.7. The lowest BCUT2D eigenvalue weighted by molar-refractivity contribution is -0.274. The number of sulfonamides is 1. The standard InChI is InChI=1S/C24H26Cl2F3N3O5S/c1-38(34,35)32-10-8-30(9-11-32)23(33)31-13-17(20(14-31)16-2-7-21(25)22(26)12-16)15-36-18-3-5-19(6-4-18)37-24(27,28)29/h2-7,12,17,20H,8-11,13-15H2,1H3/t17-,20-/m0/s1. The van der Waals surface area contributed by atoms with E-state index in [0.29, 0.717) is 28.9 Å². The van der Waals surface area contributed by atoms with Crippen molar-refractivity contribution in [3.8, 4) is 11.5 Å². The molecule has 2 saturated heterocycles. The number of likely N-dealkylation sites (tertiary alicyclic amines) is 1. The molecule has 4 rings (SSSR count). The molecule has 14 heteroatoms. The number of benzene rings is 2. The van der Waals surface area contributed by atoms with Gasteiger partial charge in [0.15, 0.2) is 0 Å². The van der Waals surface area contributed by atoms with E-state index in [0.717, 1.165) is 11.8 Å². The summed E-state index contributed by atoms with van der Waals surface area (Å²) in [6, 6.07) is 10.2. The van der Waals surface area contributed by atoms with E-state index in [-0.39, 0.29) is 56.4 Å². The predicted molar refractivity (Wildman–Crippen MR) is 136 cm³/mol. The number of rotatable bonds is 6. The van der Waals surface area contributed by atoms with E-state index < -0.39 is 16.4 Å². The van der Waals surface area contributed by atoms with Crippen molar-refractivity contribution in [1.29, 1.82) is 0 Å². The minimum absolute atomic E-state index is 0.140. The van der Waals surface area contributed by atoms with Gasteiger partial charge in [-0.1, -0.05) is 29.3 Å². The number of amides is 2. The smallest absolute Gasteiger partial charge is 0.493 e. The predicted octanol–water partition coefficient (Wildman–Crippen LogP) is 4.68. The monoisotopic (exact) mass is 595 g/mol. The molecular weight excluding hydrogens is 570 g/mol. The van der Waals surface area contributed by atoms with Crippen LogP contribution in [0.1, 0.15) is 11.5 Å². The number of nitrogens with zero attached hydrogens (tertiary/aromatic N) is 3. The van der Waals surface area contributed by atoms with Crippen molar-refractivity contribution in [2.75, 3.05) is 52.1 Å². The fourth-order valence-electron chi connectivity index (χ4n) is 4.67. The average molecular weight is 596 g/mol. The van der Waals surface area contributed by atoms with Crippen LogP contribution in [0.25, 0.3) is 0 Å². The molecule has 0 N–H and O–H groups in total. The summed E-state index contributed by atoms with van der Waals surface area (Å²) < 4.78 is 72.0. The summed E-state index contributed by atoms with van der Waals surface area (Å²) in [5, 5.41) is 0.782. The Morgan fingerprint density at radius 1 is 0.947 bits per heavy atom. The van der Waals surface area contributed by atoms with Crippen LogP contribution in [0.15, 0.2) is 42.5 Å². The number of piperazine rings is 1. The van der Waals surface area contributed by atoms with Gasteiger partial charge in [-0.05, 0) is 42.0 Å². The molecule has 8 nitrogen and oxygen atoms in total. The van der Waals surface area contributed by atoms with Crippen molar-refractivity contribution < 1.29 is 35.9 Å². The van der Waals surface area contributed by atoms with Crippen molar-refractivity contribution in [2.45, 2.75) is 12.3 Å². The molecule has 0 aromatic heterocycles. The van der Waals surface area contributed by atoms with Gasteiger partial charge in [-0.3, -0.25) is 0 Å². The summed E-state index contributed by atoms with van der Waals surface area (Å²) in [7, 11) is -3.32. The third-order valence-electron chi connectivity index (χ3n) is 6.58. The van der Waals surface area contributed by atoms with Gasteiger partial charge in [0.25, 0.3) is 0 Å². The maximum Gasteiger partial charge on any atom is 0.573 e. The Kier molecular flexibility index (Phi) is 8.55. The normalized spacial score (nSPS) is 21.0. The highest BCUT2D eigenvalue weighted by Crippen LogP contribution is 2.37. The van der Waals surface area contributed by atoms with Gasteiger partial charge in [0.1, 0.15) is 11.5 Å². The average Bonchev–Trinajstić information content (AvgIpc) is 3.28. The molecule has 2 fully saturated rings. The minimum Gasteiger partial charge on any atom is -0.493 e. The Labute approximate surface area is 228 Å². The van der Waals surface area contributed by atoms with Crippen molar-refractivity contribution in [3.05, 3.63) is 58.1 Å². The highest BCUT2D eigenvalue weighted by Gasteiger charge is 2.39.